The molecule has 0 aromatic heterocycles. The first-order valence-corrected chi connectivity index (χ1v) is 5.81. The molecule has 1 heterocycles. The lowest BCUT2D eigenvalue weighted by atomic mass is 9.93. The zero-order valence-corrected chi connectivity index (χ0v) is 8.62. The molecule has 13 heavy (non-hydrogen) atoms. The molecular weight excluding hydrogens is 194 g/mol. The number of hydrogen-bond acceptors (Lipinski definition) is 2. The Morgan fingerprint density at radius 3 is 2.46 bits per heavy atom. The van der Waals surface area contributed by atoms with E-state index in [2.05, 4.69) is 0 Å². The van der Waals surface area contributed by atoms with Crippen LogP contribution in [0.15, 0.2) is 0 Å². The largest absolute Gasteiger partial charge is 0.387 e. The van der Waals surface area contributed by atoms with Crippen LogP contribution in [0.3, 0.4) is 0 Å². The molecule has 1 nitrogen and oxygen atoms in total. The van der Waals surface area contributed by atoms with Gasteiger partial charge in [-0.1, -0.05) is 0 Å². The van der Waals surface area contributed by atoms with Gasteiger partial charge in [0.1, 0.15) is 6.10 Å². The molecule has 0 aromatic carbocycles. The van der Waals surface area contributed by atoms with E-state index in [-0.39, 0.29) is 12.3 Å². The summed E-state index contributed by atoms with van der Waals surface area (Å²) >= 11 is 1.83. The molecule has 1 N–H and O–H groups in total. The second-order valence-corrected chi connectivity index (χ2v) is 4.92. The third kappa shape index (κ3) is 3.43. The zero-order chi connectivity index (χ0) is 9.90. The van der Waals surface area contributed by atoms with Gasteiger partial charge in [-0.3, -0.25) is 0 Å². The first-order chi connectivity index (χ1) is 6.02. The van der Waals surface area contributed by atoms with Gasteiger partial charge in [-0.25, -0.2) is 8.78 Å². The molecule has 0 amide bonds. The average molecular weight is 210 g/mol. The molecule has 1 atom stereocenters. The molecule has 1 unspecified atom stereocenters. The highest BCUT2D eigenvalue weighted by atomic mass is 32.2. The lowest BCUT2D eigenvalue weighted by Gasteiger charge is -2.27. The van der Waals surface area contributed by atoms with Gasteiger partial charge in [-0.2, -0.15) is 11.8 Å². The predicted molar refractivity (Wildman–Crippen MR) is 51.3 cm³/mol. The first-order valence-electron chi connectivity index (χ1n) is 4.66. The van der Waals surface area contributed by atoms with Crippen LogP contribution in [-0.2, 0) is 0 Å². The molecule has 1 fully saturated rings. The van der Waals surface area contributed by atoms with Crippen LogP contribution in [0.1, 0.15) is 26.2 Å². The van der Waals surface area contributed by atoms with Crippen molar-refractivity contribution in [3.8, 4) is 0 Å². The van der Waals surface area contributed by atoms with E-state index in [1.165, 1.54) is 0 Å². The average Bonchev–Trinajstić information content (AvgIpc) is 2.05. The summed E-state index contributed by atoms with van der Waals surface area (Å²) < 4.78 is 26.1. The molecule has 1 saturated heterocycles. The monoisotopic (exact) mass is 210 g/mol. The molecule has 0 bridgehead atoms. The lowest BCUT2D eigenvalue weighted by Crippen LogP contribution is -2.34. The molecule has 1 rings (SSSR count). The molecule has 0 spiro atoms. The quantitative estimate of drug-likeness (QED) is 0.772. The Balaban J connectivity index is 2.37. The molecule has 0 aromatic rings. The van der Waals surface area contributed by atoms with E-state index in [0.29, 0.717) is 0 Å². The Hall–Kier alpha value is 0.170. The predicted octanol–water partition coefficient (Wildman–Crippen LogP) is 2.54. The van der Waals surface area contributed by atoms with E-state index in [4.69, 9.17) is 5.11 Å². The second kappa shape index (κ2) is 4.60. The normalized spacial score (nSPS) is 23.1. The molecule has 0 aliphatic carbocycles. The highest BCUT2D eigenvalue weighted by Crippen LogP contribution is 2.34. The van der Waals surface area contributed by atoms with Gasteiger partial charge in [0.2, 0.25) is 0 Å². The standard InChI is InChI=1S/C9H16F2OS/c1-7(12)9(10,11)6-8-2-4-13-5-3-8/h7-8,12H,2-6H2,1H3. The van der Waals surface area contributed by atoms with Crippen LogP contribution in [0.2, 0.25) is 0 Å². The van der Waals surface area contributed by atoms with Crippen molar-refractivity contribution in [3.05, 3.63) is 0 Å². The summed E-state index contributed by atoms with van der Waals surface area (Å²) in [6.07, 6.45) is 0.0765. The molecule has 0 saturated carbocycles. The van der Waals surface area contributed by atoms with Crippen molar-refractivity contribution in [2.75, 3.05) is 11.5 Å². The molecule has 1 aliphatic heterocycles. The fourth-order valence-electron chi connectivity index (χ4n) is 1.51. The van der Waals surface area contributed by atoms with Crippen molar-refractivity contribution in [2.45, 2.75) is 38.2 Å². The van der Waals surface area contributed by atoms with Crippen LogP contribution in [-0.4, -0.2) is 28.6 Å². The van der Waals surface area contributed by atoms with Crippen molar-refractivity contribution in [1.29, 1.82) is 0 Å². The van der Waals surface area contributed by atoms with E-state index < -0.39 is 12.0 Å². The maximum absolute atomic E-state index is 13.1. The molecule has 78 valence electrons. The Bertz CT molecular complexity index is 156. The van der Waals surface area contributed by atoms with Crippen molar-refractivity contribution >= 4 is 11.8 Å². The maximum atomic E-state index is 13.1. The van der Waals surface area contributed by atoms with E-state index in [9.17, 15) is 8.78 Å². The number of thioether (sulfide) groups is 1. The van der Waals surface area contributed by atoms with Crippen LogP contribution in [0, 0.1) is 5.92 Å². The van der Waals surface area contributed by atoms with Crippen molar-refractivity contribution in [1.82, 2.24) is 0 Å². The van der Waals surface area contributed by atoms with Gasteiger partial charge in [-0.15, -0.1) is 0 Å². The van der Waals surface area contributed by atoms with Crippen LogP contribution in [0.5, 0.6) is 0 Å². The first kappa shape index (κ1) is 11.2. The Morgan fingerprint density at radius 1 is 1.46 bits per heavy atom. The highest BCUT2D eigenvalue weighted by molar-refractivity contribution is 7.99. The number of aliphatic hydroxyl groups excluding tert-OH is 1. The summed E-state index contributed by atoms with van der Waals surface area (Å²) in [6, 6.07) is 0. The van der Waals surface area contributed by atoms with Crippen LogP contribution in [0.25, 0.3) is 0 Å². The van der Waals surface area contributed by atoms with Crippen LogP contribution in [0.4, 0.5) is 8.78 Å². The summed E-state index contributed by atoms with van der Waals surface area (Å²) in [6.45, 7) is 1.16. The smallest absolute Gasteiger partial charge is 0.273 e. The third-order valence-electron chi connectivity index (χ3n) is 2.51. The van der Waals surface area contributed by atoms with Gasteiger partial charge in [0, 0.05) is 6.42 Å². The summed E-state index contributed by atoms with van der Waals surface area (Å²) in [5.41, 5.74) is 0. The van der Waals surface area contributed by atoms with Crippen LogP contribution < -0.4 is 0 Å². The van der Waals surface area contributed by atoms with Crippen molar-refractivity contribution < 1.29 is 13.9 Å². The fraction of sp³-hybridized carbons (Fsp3) is 1.00. The second-order valence-electron chi connectivity index (χ2n) is 3.70. The highest BCUT2D eigenvalue weighted by Gasteiger charge is 2.37. The Labute approximate surface area is 81.9 Å². The van der Waals surface area contributed by atoms with Gasteiger partial charge < -0.3 is 5.11 Å². The summed E-state index contributed by atoms with van der Waals surface area (Å²) in [5.74, 6) is -0.820. The van der Waals surface area contributed by atoms with E-state index >= 15 is 0 Å². The molecule has 1 aliphatic rings. The van der Waals surface area contributed by atoms with E-state index in [1.54, 1.807) is 0 Å². The van der Waals surface area contributed by atoms with Gasteiger partial charge in [0.15, 0.2) is 0 Å². The minimum Gasteiger partial charge on any atom is -0.387 e. The van der Waals surface area contributed by atoms with Gasteiger partial charge in [-0.05, 0) is 37.2 Å². The van der Waals surface area contributed by atoms with Gasteiger partial charge in [0.25, 0.3) is 5.92 Å². The number of alkyl halides is 2. The van der Waals surface area contributed by atoms with Crippen molar-refractivity contribution in [3.63, 3.8) is 0 Å². The third-order valence-corrected chi connectivity index (χ3v) is 3.56. The SMILES string of the molecule is CC(O)C(F)(F)CC1CCSCC1. The van der Waals surface area contributed by atoms with Crippen LogP contribution >= 0.6 is 11.8 Å². The number of rotatable bonds is 3. The maximum Gasteiger partial charge on any atom is 0.273 e. The zero-order valence-electron chi connectivity index (χ0n) is 7.80. The van der Waals surface area contributed by atoms with E-state index in [1.807, 2.05) is 11.8 Å². The van der Waals surface area contributed by atoms with Gasteiger partial charge >= 0.3 is 0 Å². The molecule has 4 heteroatoms. The summed E-state index contributed by atoms with van der Waals surface area (Å²) in [5, 5.41) is 8.86. The summed E-state index contributed by atoms with van der Waals surface area (Å²) in [7, 11) is 0. The van der Waals surface area contributed by atoms with Gasteiger partial charge in [0.05, 0.1) is 0 Å². The fourth-order valence-corrected chi connectivity index (χ4v) is 2.71. The van der Waals surface area contributed by atoms with Crippen molar-refractivity contribution in [2.24, 2.45) is 5.92 Å². The molecule has 0 radical (unpaired) electrons. The minimum absolute atomic E-state index is 0.103. The molecular formula is C9H16F2OS. The van der Waals surface area contributed by atoms with E-state index in [0.717, 1.165) is 31.3 Å². The number of aliphatic hydroxyl groups is 1. The Kier molecular flexibility index (Phi) is 3.98. The number of halogens is 2. The Morgan fingerprint density at radius 2 is 2.00 bits per heavy atom. The lowest BCUT2D eigenvalue weighted by molar-refractivity contribution is -0.114. The topological polar surface area (TPSA) is 20.2 Å². The summed E-state index contributed by atoms with van der Waals surface area (Å²) in [4.78, 5) is 0. The number of hydrogen-bond donors (Lipinski definition) is 1. The minimum atomic E-state index is -2.90.